The van der Waals surface area contributed by atoms with Crippen molar-refractivity contribution >= 4 is 0 Å². The van der Waals surface area contributed by atoms with Gasteiger partial charge in [0.1, 0.15) is 0 Å². The van der Waals surface area contributed by atoms with E-state index in [1.54, 1.807) is 0 Å². The van der Waals surface area contributed by atoms with E-state index in [9.17, 15) is 5.11 Å². The lowest BCUT2D eigenvalue weighted by atomic mass is 10.1. The second kappa shape index (κ2) is 2.14. The molecule has 0 amide bonds. The molecule has 0 heterocycles. The topological polar surface area (TPSA) is 20.2 Å². The number of hydrogen-bond donors (Lipinski definition) is 1. The molecule has 0 saturated carbocycles. The third-order valence-corrected chi connectivity index (χ3v) is 1.87. The fourth-order valence-corrected chi connectivity index (χ4v) is 1.00. The minimum atomic E-state index is -0.162. The Morgan fingerprint density at radius 1 is 1.44 bits per heavy atom. The van der Waals surface area contributed by atoms with Crippen molar-refractivity contribution in [1.29, 1.82) is 0 Å². The molecule has 0 aromatic rings. The first-order valence-corrected chi connectivity index (χ1v) is 3.49. The molecule has 0 unspecified atom stereocenters. The summed E-state index contributed by atoms with van der Waals surface area (Å²) in [6.45, 7) is 6.17. The normalized spacial score (nSPS) is 21.0. The first-order valence-electron chi connectivity index (χ1n) is 3.49. The molecule has 1 atom stereocenters. The van der Waals surface area contributed by atoms with E-state index in [0.29, 0.717) is 5.92 Å². The van der Waals surface area contributed by atoms with Crippen LogP contribution < -0.4 is 0 Å². The highest BCUT2D eigenvalue weighted by Crippen LogP contribution is 2.35. The minimum Gasteiger partial charge on any atom is -0.388 e. The number of aliphatic hydroxyl groups excluding tert-OH is 1. The molecule has 0 aromatic heterocycles. The summed E-state index contributed by atoms with van der Waals surface area (Å²) in [6, 6.07) is 0. The van der Waals surface area contributed by atoms with Crippen LogP contribution in [0.3, 0.4) is 0 Å². The van der Waals surface area contributed by atoms with Gasteiger partial charge in [-0.15, -0.1) is 0 Å². The third-order valence-electron chi connectivity index (χ3n) is 1.87. The lowest BCUT2D eigenvalue weighted by molar-refractivity contribution is 0.164. The third kappa shape index (κ3) is 1.33. The van der Waals surface area contributed by atoms with Crippen molar-refractivity contribution in [3.63, 3.8) is 0 Å². The van der Waals surface area contributed by atoms with Crippen LogP contribution in [-0.4, -0.2) is 11.2 Å². The predicted molar refractivity (Wildman–Crippen MR) is 38.2 cm³/mol. The highest BCUT2D eigenvalue weighted by molar-refractivity contribution is 5.36. The predicted octanol–water partition coefficient (Wildman–Crippen LogP) is 1.72. The molecule has 1 rings (SSSR count). The van der Waals surface area contributed by atoms with Crippen molar-refractivity contribution in [3.8, 4) is 0 Å². The van der Waals surface area contributed by atoms with E-state index in [-0.39, 0.29) is 6.10 Å². The number of rotatable bonds is 2. The zero-order chi connectivity index (χ0) is 7.02. The van der Waals surface area contributed by atoms with E-state index < -0.39 is 0 Å². The van der Waals surface area contributed by atoms with Crippen molar-refractivity contribution in [2.75, 3.05) is 0 Å². The van der Waals surface area contributed by atoms with E-state index in [2.05, 4.69) is 6.92 Å². The second-order valence-corrected chi connectivity index (χ2v) is 3.17. The summed E-state index contributed by atoms with van der Waals surface area (Å²) in [7, 11) is 0. The second-order valence-electron chi connectivity index (χ2n) is 3.17. The quantitative estimate of drug-likeness (QED) is 0.558. The Morgan fingerprint density at radius 2 is 1.89 bits per heavy atom. The van der Waals surface area contributed by atoms with E-state index in [1.807, 2.05) is 13.8 Å². The molecule has 9 heavy (non-hydrogen) atoms. The Bertz CT molecular complexity index is 145. The van der Waals surface area contributed by atoms with Gasteiger partial charge in [0.15, 0.2) is 0 Å². The summed E-state index contributed by atoms with van der Waals surface area (Å²) >= 11 is 0. The van der Waals surface area contributed by atoms with Crippen molar-refractivity contribution in [2.45, 2.75) is 33.3 Å². The van der Waals surface area contributed by atoms with E-state index in [4.69, 9.17) is 0 Å². The largest absolute Gasteiger partial charge is 0.388 e. The summed E-state index contributed by atoms with van der Waals surface area (Å²) in [5, 5.41) is 9.38. The van der Waals surface area contributed by atoms with Gasteiger partial charge in [0.25, 0.3) is 0 Å². The zero-order valence-corrected chi connectivity index (χ0v) is 6.31. The molecule has 1 heteroatoms. The van der Waals surface area contributed by atoms with Gasteiger partial charge in [-0.2, -0.15) is 0 Å². The van der Waals surface area contributed by atoms with Gasteiger partial charge in [-0.25, -0.2) is 0 Å². The average molecular weight is 126 g/mol. The summed E-state index contributed by atoms with van der Waals surface area (Å²) < 4.78 is 0. The van der Waals surface area contributed by atoms with Gasteiger partial charge in [0.2, 0.25) is 0 Å². The molecule has 1 aliphatic rings. The molecule has 0 aliphatic heterocycles. The van der Waals surface area contributed by atoms with Crippen LogP contribution in [0.1, 0.15) is 27.2 Å². The Hall–Kier alpha value is -0.300. The fourth-order valence-electron chi connectivity index (χ4n) is 1.00. The van der Waals surface area contributed by atoms with Crippen LogP contribution in [0.5, 0.6) is 0 Å². The standard InChI is InChI=1S/C8H14O/c1-5(2)8(9)7-4-6(7)3/h5,8-9H,4H2,1-3H3/t8-/m0/s1. The summed E-state index contributed by atoms with van der Waals surface area (Å²) in [6.07, 6.45) is 0.907. The van der Waals surface area contributed by atoms with Crippen molar-refractivity contribution < 1.29 is 5.11 Å². The first-order chi connectivity index (χ1) is 4.13. The van der Waals surface area contributed by atoms with Gasteiger partial charge >= 0.3 is 0 Å². The summed E-state index contributed by atoms with van der Waals surface area (Å²) in [4.78, 5) is 0. The summed E-state index contributed by atoms with van der Waals surface area (Å²) in [5.74, 6) is 0.387. The minimum absolute atomic E-state index is 0.162. The molecule has 1 aliphatic carbocycles. The highest BCUT2D eigenvalue weighted by atomic mass is 16.3. The molecule has 52 valence electrons. The molecule has 0 radical (unpaired) electrons. The molecule has 1 nitrogen and oxygen atoms in total. The van der Waals surface area contributed by atoms with Gasteiger partial charge in [0, 0.05) is 0 Å². The molecule has 0 fully saturated rings. The average Bonchev–Trinajstić information content (AvgIpc) is 2.44. The Labute approximate surface area is 56.4 Å². The first kappa shape index (κ1) is 6.81. The molecule has 0 saturated heterocycles. The van der Waals surface area contributed by atoms with Crippen LogP contribution >= 0.6 is 0 Å². The van der Waals surface area contributed by atoms with Gasteiger partial charge in [-0.3, -0.25) is 0 Å². The number of hydrogen-bond acceptors (Lipinski definition) is 1. The van der Waals surface area contributed by atoms with Gasteiger partial charge in [-0.1, -0.05) is 19.4 Å². The maximum Gasteiger partial charge on any atom is 0.0778 e. The maximum absolute atomic E-state index is 9.38. The lowest BCUT2D eigenvalue weighted by Gasteiger charge is -2.09. The Morgan fingerprint density at radius 3 is 2.00 bits per heavy atom. The van der Waals surface area contributed by atoms with E-state index in [1.165, 1.54) is 11.1 Å². The van der Waals surface area contributed by atoms with Crippen molar-refractivity contribution in [1.82, 2.24) is 0 Å². The molecular weight excluding hydrogens is 112 g/mol. The number of aliphatic hydroxyl groups is 1. The number of allylic oxidation sites excluding steroid dienone is 1. The highest BCUT2D eigenvalue weighted by Gasteiger charge is 2.25. The molecular formula is C8H14O. The monoisotopic (exact) mass is 126 g/mol. The van der Waals surface area contributed by atoms with E-state index >= 15 is 0 Å². The molecule has 0 spiro atoms. The summed E-state index contributed by atoms with van der Waals surface area (Å²) in [5.41, 5.74) is 2.65. The van der Waals surface area contributed by atoms with Crippen LogP contribution in [0.25, 0.3) is 0 Å². The SMILES string of the molecule is CC1=C([C@@H](O)C(C)C)C1. The Kier molecular flexibility index (Phi) is 1.62. The van der Waals surface area contributed by atoms with Crippen LogP contribution in [0.15, 0.2) is 11.1 Å². The van der Waals surface area contributed by atoms with Crippen LogP contribution in [-0.2, 0) is 0 Å². The van der Waals surface area contributed by atoms with Crippen LogP contribution in [0, 0.1) is 5.92 Å². The Balaban J connectivity index is 2.45. The van der Waals surface area contributed by atoms with Crippen molar-refractivity contribution in [3.05, 3.63) is 11.1 Å². The maximum atomic E-state index is 9.38. The zero-order valence-electron chi connectivity index (χ0n) is 6.31. The van der Waals surface area contributed by atoms with Crippen molar-refractivity contribution in [2.24, 2.45) is 5.92 Å². The molecule has 1 N–H and O–H groups in total. The van der Waals surface area contributed by atoms with Gasteiger partial charge in [-0.05, 0) is 24.8 Å². The fraction of sp³-hybridized carbons (Fsp3) is 0.750. The smallest absolute Gasteiger partial charge is 0.0778 e. The van der Waals surface area contributed by atoms with Crippen LogP contribution in [0.2, 0.25) is 0 Å². The lowest BCUT2D eigenvalue weighted by Crippen LogP contribution is -2.12. The van der Waals surface area contributed by atoms with Crippen LogP contribution in [0.4, 0.5) is 0 Å². The molecule has 0 bridgehead atoms. The van der Waals surface area contributed by atoms with E-state index in [0.717, 1.165) is 6.42 Å². The molecule has 0 aromatic carbocycles. The van der Waals surface area contributed by atoms with Gasteiger partial charge < -0.3 is 5.11 Å². The van der Waals surface area contributed by atoms with Gasteiger partial charge in [0.05, 0.1) is 6.10 Å².